The second-order valence-electron chi connectivity index (χ2n) is 8.15. The number of ketones is 1. The maximum Gasteiger partial charge on any atom is 0.234 e. The van der Waals surface area contributed by atoms with Crippen LogP contribution in [0, 0.1) is 5.41 Å². The molecule has 4 rings (SSSR count). The molecule has 0 N–H and O–H groups in total. The van der Waals surface area contributed by atoms with Crippen molar-refractivity contribution in [2.45, 2.75) is 43.4 Å². The summed E-state index contributed by atoms with van der Waals surface area (Å²) in [6.07, 6.45) is 3.24. The molecule has 1 aliphatic carbocycles. The smallest absolute Gasteiger partial charge is 0.234 e. The van der Waals surface area contributed by atoms with E-state index in [1.54, 1.807) is 4.90 Å². The highest BCUT2D eigenvalue weighted by atomic mass is 32.2. The average molecular weight is 426 g/mol. The molecule has 2 aromatic rings. The molecular weight excluding hydrogens is 402 g/mol. The van der Waals surface area contributed by atoms with E-state index in [-0.39, 0.29) is 29.4 Å². The average Bonchev–Trinajstić information content (AvgIpc) is 3.13. The lowest BCUT2D eigenvalue weighted by Crippen LogP contribution is -2.43. The number of nitrogens with zero attached hydrogens (tertiary/aromatic N) is 3. The highest BCUT2D eigenvalue weighted by Crippen LogP contribution is 2.48. The number of thioether (sulfide) groups is 1. The molecule has 29 heavy (non-hydrogen) atoms. The summed E-state index contributed by atoms with van der Waals surface area (Å²) in [6.45, 7) is 7.88. The Kier molecular flexibility index (Phi) is 5.44. The third-order valence-corrected chi connectivity index (χ3v) is 7.29. The van der Waals surface area contributed by atoms with Gasteiger partial charge in [-0.1, -0.05) is 73.4 Å². The molecule has 1 amide bonds. The molecule has 1 aromatic heterocycles. The van der Waals surface area contributed by atoms with Gasteiger partial charge in [0, 0.05) is 35.8 Å². The molecule has 7 heteroatoms. The highest BCUT2D eigenvalue weighted by Gasteiger charge is 2.45. The number of amides is 1. The van der Waals surface area contributed by atoms with Crippen LogP contribution in [0.3, 0.4) is 0 Å². The van der Waals surface area contributed by atoms with Gasteiger partial charge in [-0.15, -0.1) is 16.8 Å². The van der Waals surface area contributed by atoms with Gasteiger partial charge in [-0.3, -0.25) is 14.5 Å². The van der Waals surface area contributed by atoms with Crippen molar-refractivity contribution < 1.29 is 9.59 Å². The summed E-state index contributed by atoms with van der Waals surface area (Å²) in [6, 6.07) is 9.86. The van der Waals surface area contributed by atoms with Gasteiger partial charge in [0.15, 0.2) is 10.1 Å². The number of Topliss-reactive ketones (excluding diaryl/α,β-unsaturated/α-hetero) is 1. The van der Waals surface area contributed by atoms with Gasteiger partial charge in [0.1, 0.15) is 0 Å². The predicted molar refractivity (Wildman–Crippen MR) is 117 cm³/mol. The fourth-order valence-corrected chi connectivity index (χ4v) is 5.73. The summed E-state index contributed by atoms with van der Waals surface area (Å²) < 4.78 is 0.793. The molecule has 1 aliphatic heterocycles. The van der Waals surface area contributed by atoms with Gasteiger partial charge in [-0.25, -0.2) is 0 Å². The number of allylic oxidation sites excluding steroid dienone is 2. The number of hydrogen-bond donors (Lipinski definition) is 0. The third-order valence-electron chi connectivity index (χ3n) is 5.26. The minimum Gasteiger partial charge on any atom is -0.294 e. The monoisotopic (exact) mass is 425 g/mol. The molecule has 1 aromatic carbocycles. The summed E-state index contributed by atoms with van der Waals surface area (Å²) in [5.74, 6) is 0.645. The molecule has 150 valence electrons. The zero-order chi connectivity index (χ0) is 20.6. The Balaban J connectivity index is 1.81. The molecule has 1 unspecified atom stereocenters. The van der Waals surface area contributed by atoms with Crippen LogP contribution in [0.2, 0.25) is 0 Å². The molecular formula is C22H23N3O2S2. The molecule has 0 radical (unpaired) electrons. The molecule has 0 saturated carbocycles. The summed E-state index contributed by atoms with van der Waals surface area (Å²) in [5, 5.41) is 9.04. The van der Waals surface area contributed by atoms with Crippen LogP contribution in [-0.2, 0) is 9.59 Å². The van der Waals surface area contributed by atoms with E-state index in [0.717, 1.165) is 26.9 Å². The quantitative estimate of drug-likeness (QED) is 0.384. The number of carbonyl (C=O) groups excluding carboxylic acids is 2. The standard InChI is InChI=1S/C22H23N3O2S2/c1-4-10-28-21-24-23-20(29-21)25-16-12-22(2,3)13-17(26)19(16)15(11-18(25)27)14-8-6-5-7-9-14/h4-9,15H,1,10-13H2,2-3H3. The van der Waals surface area contributed by atoms with Gasteiger partial charge in [0.05, 0.1) is 0 Å². The van der Waals surface area contributed by atoms with Crippen molar-refractivity contribution in [2.24, 2.45) is 5.41 Å². The minimum absolute atomic E-state index is 0.0282. The molecule has 2 heterocycles. The fourth-order valence-electron chi connectivity index (χ4n) is 4.09. The van der Waals surface area contributed by atoms with E-state index in [0.29, 0.717) is 18.0 Å². The first-order valence-corrected chi connectivity index (χ1v) is 11.4. The highest BCUT2D eigenvalue weighted by molar-refractivity contribution is 8.01. The lowest BCUT2D eigenvalue weighted by atomic mass is 9.69. The topological polar surface area (TPSA) is 63.2 Å². The van der Waals surface area contributed by atoms with Crippen molar-refractivity contribution in [1.29, 1.82) is 0 Å². The van der Waals surface area contributed by atoms with E-state index in [4.69, 9.17) is 0 Å². The van der Waals surface area contributed by atoms with Crippen LogP contribution in [-0.4, -0.2) is 27.6 Å². The van der Waals surface area contributed by atoms with Gasteiger partial charge >= 0.3 is 0 Å². The number of carbonyl (C=O) groups is 2. The molecule has 0 bridgehead atoms. The first-order valence-electron chi connectivity index (χ1n) is 9.61. The van der Waals surface area contributed by atoms with Crippen LogP contribution in [0.1, 0.15) is 44.6 Å². The summed E-state index contributed by atoms with van der Waals surface area (Å²) >= 11 is 2.93. The molecule has 2 aliphatic rings. The van der Waals surface area contributed by atoms with Crippen LogP contribution in [0.5, 0.6) is 0 Å². The van der Waals surface area contributed by atoms with Crippen LogP contribution in [0.25, 0.3) is 0 Å². The predicted octanol–water partition coefficient (Wildman–Crippen LogP) is 4.98. The van der Waals surface area contributed by atoms with Crippen molar-refractivity contribution in [1.82, 2.24) is 10.2 Å². The van der Waals surface area contributed by atoms with Crippen molar-refractivity contribution in [3.8, 4) is 0 Å². The number of aromatic nitrogens is 2. The second-order valence-corrected chi connectivity index (χ2v) is 10.4. The van der Waals surface area contributed by atoms with E-state index < -0.39 is 0 Å². The lowest BCUT2D eigenvalue weighted by molar-refractivity contribution is -0.121. The summed E-state index contributed by atoms with van der Waals surface area (Å²) in [7, 11) is 0. The Morgan fingerprint density at radius 1 is 1.24 bits per heavy atom. The van der Waals surface area contributed by atoms with Crippen LogP contribution in [0.4, 0.5) is 5.13 Å². The Bertz CT molecular complexity index is 994. The van der Waals surface area contributed by atoms with Crippen LogP contribution in [0.15, 0.2) is 58.6 Å². The Morgan fingerprint density at radius 3 is 2.72 bits per heavy atom. The molecule has 0 fully saturated rings. The van der Waals surface area contributed by atoms with Crippen molar-refractivity contribution in [3.05, 3.63) is 59.8 Å². The first-order chi connectivity index (χ1) is 13.9. The maximum atomic E-state index is 13.3. The van der Waals surface area contributed by atoms with Gasteiger partial charge in [0.25, 0.3) is 0 Å². The van der Waals surface area contributed by atoms with Gasteiger partial charge < -0.3 is 0 Å². The number of anilines is 1. The van der Waals surface area contributed by atoms with E-state index in [2.05, 4.69) is 30.6 Å². The summed E-state index contributed by atoms with van der Waals surface area (Å²) in [5.41, 5.74) is 2.39. The third kappa shape index (κ3) is 3.94. The van der Waals surface area contributed by atoms with Crippen LogP contribution >= 0.6 is 23.1 Å². The number of benzene rings is 1. The van der Waals surface area contributed by atoms with E-state index in [1.807, 2.05) is 36.4 Å². The van der Waals surface area contributed by atoms with Gasteiger partial charge in [-0.2, -0.15) is 0 Å². The zero-order valence-electron chi connectivity index (χ0n) is 16.6. The normalized spacial score (nSPS) is 21.3. The lowest BCUT2D eigenvalue weighted by Gasteiger charge is -2.41. The molecule has 0 saturated heterocycles. The number of hydrogen-bond acceptors (Lipinski definition) is 6. The largest absolute Gasteiger partial charge is 0.294 e. The molecule has 5 nitrogen and oxygen atoms in total. The Labute approximate surface area is 178 Å². The van der Waals surface area contributed by atoms with Crippen molar-refractivity contribution in [2.75, 3.05) is 10.7 Å². The molecule has 0 spiro atoms. The van der Waals surface area contributed by atoms with E-state index >= 15 is 0 Å². The van der Waals surface area contributed by atoms with Gasteiger partial charge in [-0.05, 0) is 17.4 Å². The van der Waals surface area contributed by atoms with Crippen molar-refractivity contribution >= 4 is 39.9 Å². The number of rotatable bonds is 5. The fraction of sp³-hybridized carbons (Fsp3) is 0.364. The molecule has 1 atom stereocenters. The van der Waals surface area contributed by atoms with E-state index in [1.165, 1.54) is 23.1 Å². The minimum atomic E-state index is -0.196. The van der Waals surface area contributed by atoms with Crippen molar-refractivity contribution in [3.63, 3.8) is 0 Å². The maximum absolute atomic E-state index is 13.3. The SMILES string of the molecule is C=CCSc1nnc(N2C(=O)CC(c3ccccc3)C3=C2CC(C)(C)CC3=O)s1. The Hall–Kier alpha value is -2.25. The zero-order valence-corrected chi connectivity index (χ0v) is 18.2. The summed E-state index contributed by atoms with van der Waals surface area (Å²) in [4.78, 5) is 28.1. The van der Waals surface area contributed by atoms with E-state index in [9.17, 15) is 9.59 Å². The first kappa shape index (κ1) is 20.0. The van der Waals surface area contributed by atoms with Crippen LogP contribution < -0.4 is 4.90 Å². The Morgan fingerprint density at radius 2 is 2.00 bits per heavy atom. The second kappa shape index (κ2) is 7.88. The van der Waals surface area contributed by atoms with Gasteiger partial charge in [0.2, 0.25) is 11.0 Å².